The number of primary amides is 1. The van der Waals surface area contributed by atoms with Crippen molar-refractivity contribution in [2.45, 2.75) is 18.6 Å². The van der Waals surface area contributed by atoms with Gasteiger partial charge in [0.15, 0.2) is 0 Å². The minimum Gasteiger partial charge on any atom is -0.457 e. The fourth-order valence-electron chi connectivity index (χ4n) is 2.02. The molecule has 7 heteroatoms. The van der Waals surface area contributed by atoms with Gasteiger partial charge in [0.25, 0.3) is 0 Å². The average molecular weight is 324 g/mol. The Balaban J connectivity index is 2.19. The lowest BCUT2D eigenvalue weighted by Crippen LogP contribution is -2.20. The van der Waals surface area contributed by atoms with Crippen LogP contribution in [-0.2, 0) is 11.0 Å². The third-order valence-electron chi connectivity index (χ3n) is 3.10. The van der Waals surface area contributed by atoms with Crippen molar-refractivity contribution in [3.05, 3.63) is 59.7 Å². The summed E-state index contributed by atoms with van der Waals surface area (Å²) in [6.45, 7) is 0. The van der Waals surface area contributed by atoms with Gasteiger partial charge in [0, 0.05) is 12.5 Å². The van der Waals surface area contributed by atoms with E-state index in [2.05, 4.69) is 0 Å². The maximum absolute atomic E-state index is 12.7. The Morgan fingerprint density at radius 2 is 1.70 bits per heavy atom. The van der Waals surface area contributed by atoms with Gasteiger partial charge in [0.05, 0.1) is 5.56 Å². The lowest BCUT2D eigenvalue weighted by atomic mass is 10.0. The molecule has 0 radical (unpaired) electrons. The highest BCUT2D eigenvalue weighted by Gasteiger charge is 2.30. The first-order valence-corrected chi connectivity index (χ1v) is 6.74. The Kier molecular flexibility index (Phi) is 4.90. The van der Waals surface area contributed by atoms with Crippen LogP contribution in [0.4, 0.5) is 13.2 Å². The van der Waals surface area contributed by atoms with E-state index in [1.165, 1.54) is 12.1 Å². The molecular weight excluding hydrogens is 309 g/mol. The largest absolute Gasteiger partial charge is 0.457 e. The van der Waals surface area contributed by atoms with Gasteiger partial charge in [-0.05, 0) is 35.9 Å². The zero-order valence-corrected chi connectivity index (χ0v) is 12.0. The van der Waals surface area contributed by atoms with Crippen LogP contribution in [0.2, 0.25) is 0 Å². The van der Waals surface area contributed by atoms with Crippen LogP contribution in [-0.4, -0.2) is 5.91 Å². The number of hydrogen-bond donors (Lipinski definition) is 2. The van der Waals surface area contributed by atoms with Gasteiger partial charge in [-0.1, -0.05) is 18.2 Å². The molecule has 23 heavy (non-hydrogen) atoms. The second kappa shape index (κ2) is 6.70. The van der Waals surface area contributed by atoms with E-state index in [1.807, 2.05) is 0 Å². The van der Waals surface area contributed by atoms with Crippen molar-refractivity contribution in [3.8, 4) is 11.5 Å². The topological polar surface area (TPSA) is 78.3 Å². The molecule has 2 aromatic rings. The summed E-state index contributed by atoms with van der Waals surface area (Å²) < 4.78 is 43.5. The molecule has 0 saturated heterocycles. The first-order valence-electron chi connectivity index (χ1n) is 6.74. The van der Waals surface area contributed by atoms with Crippen LogP contribution in [0.1, 0.15) is 23.6 Å². The maximum Gasteiger partial charge on any atom is 0.416 e. The molecule has 122 valence electrons. The number of carbonyl (C=O) groups is 1. The Morgan fingerprint density at radius 3 is 2.30 bits per heavy atom. The molecule has 0 spiro atoms. The van der Waals surface area contributed by atoms with Gasteiger partial charge < -0.3 is 16.2 Å². The van der Waals surface area contributed by atoms with Crippen LogP contribution in [0.5, 0.6) is 11.5 Å². The highest BCUT2D eigenvalue weighted by atomic mass is 19.4. The molecule has 0 heterocycles. The minimum atomic E-state index is -4.44. The van der Waals surface area contributed by atoms with Crippen molar-refractivity contribution in [3.63, 3.8) is 0 Å². The standard InChI is InChI=1S/C16H15F3N2O2/c17-16(18,19)11-4-2-6-13(8-11)23-12-5-1-3-10(7-12)14(20)9-15(21)22/h1-8,14H,9,20H2,(H2,21,22). The highest BCUT2D eigenvalue weighted by molar-refractivity contribution is 5.74. The molecule has 4 N–H and O–H groups in total. The quantitative estimate of drug-likeness (QED) is 0.885. The van der Waals surface area contributed by atoms with E-state index in [1.54, 1.807) is 24.3 Å². The van der Waals surface area contributed by atoms with E-state index in [-0.39, 0.29) is 12.2 Å². The number of benzene rings is 2. The molecule has 0 saturated carbocycles. The van der Waals surface area contributed by atoms with Gasteiger partial charge in [-0.3, -0.25) is 4.79 Å². The van der Waals surface area contributed by atoms with Gasteiger partial charge in [0.2, 0.25) is 5.91 Å². The van der Waals surface area contributed by atoms with E-state index in [9.17, 15) is 18.0 Å². The second-order valence-electron chi connectivity index (χ2n) is 4.98. The summed E-state index contributed by atoms with van der Waals surface area (Å²) >= 11 is 0. The number of carbonyl (C=O) groups excluding carboxylic acids is 1. The van der Waals surface area contributed by atoms with Crippen LogP contribution >= 0.6 is 0 Å². The SMILES string of the molecule is NC(=O)CC(N)c1cccc(Oc2cccc(C(F)(F)F)c2)c1. The highest BCUT2D eigenvalue weighted by Crippen LogP contribution is 2.33. The molecule has 0 fully saturated rings. The van der Waals surface area contributed by atoms with Gasteiger partial charge in [0.1, 0.15) is 11.5 Å². The van der Waals surface area contributed by atoms with Crippen molar-refractivity contribution in [2.75, 3.05) is 0 Å². The maximum atomic E-state index is 12.7. The molecule has 1 atom stereocenters. The van der Waals surface area contributed by atoms with Crippen LogP contribution in [0.3, 0.4) is 0 Å². The fraction of sp³-hybridized carbons (Fsp3) is 0.188. The first-order chi connectivity index (χ1) is 10.8. The Hall–Kier alpha value is -2.54. The zero-order valence-electron chi connectivity index (χ0n) is 12.0. The van der Waals surface area contributed by atoms with E-state index in [0.717, 1.165) is 12.1 Å². The molecule has 0 aliphatic carbocycles. The predicted molar refractivity (Wildman–Crippen MR) is 78.7 cm³/mol. The summed E-state index contributed by atoms with van der Waals surface area (Å²) in [5.74, 6) is -0.163. The van der Waals surface area contributed by atoms with Crippen LogP contribution < -0.4 is 16.2 Å². The lowest BCUT2D eigenvalue weighted by molar-refractivity contribution is -0.137. The average Bonchev–Trinajstić information content (AvgIpc) is 2.46. The Bertz CT molecular complexity index is 702. The summed E-state index contributed by atoms with van der Waals surface area (Å²) in [5, 5.41) is 0. The molecule has 4 nitrogen and oxygen atoms in total. The summed E-state index contributed by atoms with van der Waals surface area (Å²) in [5.41, 5.74) is 10.7. The fourth-order valence-corrected chi connectivity index (χ4v) is 2.02. The van der Waals surface area contributed by atoms with E-state index < -0.39 is 23.7 Å². The van der Waals surface area contributed by atoms with E-state index in [0.29, 0.717) is 11.3 Å². The predicted octanol–water partition coefficient (Wildman–Crippen LogP) is 3.37. The molecule has 0 bridgehead atoms. The molecule has 0 aliphatic rings. The second-order valence-corrected chi connectivity index (χ2v) is 4.98. The molecule has 1 amide bonds. The minimum absolute atomic E-state index is 0.0347. The van der Waals surface area contributed by atoms with Crippen molar-refractivity contribution in [1.82, 2.24) is 0 Å². The summed E-state index contributed by atoms with van der Waals surface area (Å²) in [6, 6.07) is 10.4. The Labute approximate surface area is 130 Å². The molecule has 2 rings (SSSR count). The van der Waals surface area contributed by atoms with Crippen molar-refractivity contribution < 1.29 is 22.7 Å². The van der Waals surface area contributed by atoms with Crippen LogP contribution in [0.15, 0.2) is 48.5 Å². The van der Waals surface area contributed by atoms with E-state index >= 15 is 0 Å². The number of nitrogens with two attached hydrogens (primary N) is 2. The van der Waals surface area contributed by atoms with E-state index in [4.69, 9.17) is 16.2 Å². The smallest absolute Gasteiger partial charge is 0.416 e. The summed E-state index contributed by atoms with van der Waals surface area (Å²) in [7, 11) is 0. The van der Waals surface area contributed by atoms with Crippen molar-refractivity contribution >= 4 is 5.91 Å². The monoisotopic (exact) mass is 324 g/mol. The third-order valence-corrected chi connectivity index (χ3v) is 3.10. The van der Waals surface area contributed by atoms with Crippen LogP contribution in [0, 0.1) is 0 Å². The molecule has 1 unspecified atom stereocenters. The lowest BCUT2D eigenvalue weighted by Gasteiger charge is -2.13. The van der Waals surface area contributed by atoms with Crippen molar-refractivity contribution in [1.29, 1.82) is 0 Å². The number of hydrogen-bond acceptors (Lipinski definition) is 3. The molecule has 2 aromatic carbocycles. The normalized spacial score (nSPS) is 12.7. The van der Waals surface area contributed by atoms with Gasteiger partial charge in [-0.15, -0.1) is 0 Å². The molecule has 0 aromatic heterocycles. The number of alkyl halides is 3. The number of amides is 1. The number of halogens is 3. The van der Waals surface area contributed by atoms with Gasteiger partial charge in [-0.25, -0.2) is 0 Å². The third kappa shape index (κ3) is 4.72. The zero-order chi connectivity index (χ0) is 17.0. The summed E-state index contributed by atoms with van der Waals surface area (Å²) in [6.07, 6.45) is -4.47. The number of rotatable bonds is 5. The number of ether oxygens (including phenoxy) is 1. The van der Waals surface area contributed by atoms with Crippen LogP contribution in [0.25, 0.3) is 0 Å². The Morgan fingerprint density at radius 1 is 1.09 bits per heavy atom. The van der Waals surface area contributed by atoms with Gasteiger partial charge in [-0.2, -0.15) is 13.2 Å². The first kappa shape index (κ1) is 16.8. The van der Waals surface area contributed by atoms with Crippen molar-refractivity contribution in [2.24, 2.45) is 11.5 Å². The van der Waals surface area contributed by atoms with Gasteiger partial charge >= 0.3 is 6.18 Å². The molecule has 0 aliphatic heterocycles. The summed E-state index contributed by atoms with van der Waals surface area (Å²) in [4.78, 5) is 10.9. The molecular formula is C16H15F3N2O2.